The molecule has 1 rings (SSSR count). The van der Waals surface area contributed by atoms with Crippen molar-refractivity contribution in [1.82, 2.24) is 10.6 Å². The van der Waals surface area contributed by atoms with Crippen LogP contribution in [0.25, 0.3) is 0 Å². The van der Waals surface area contributed by atoms with E-state index >= 15 is 0 Å². The van der Waals surface area contributed by atoms with Crippen molar-refractivity contribution in [3.8, 4) is 0 Å². The fourth-order valence-corrected chi connectivity index (χ4v) is 2.45. The largest absolute Gasteiger partial charge is 0.480 e. The minimum absolute atomic E-state index is 0.125. The summed E-state index contributed by atoms with van der Waals surface area (Å²) in [4.78, 5) is 22.6. The van der Waals surface area contributed by atoms with Gasteiger partial charge in [0.2, 0.25) is 0 Å². The van der Waals surface area contributed by atoms with Crippen LogP contribution in [0, 0.1) is 17.8 Å². The Balaban J connectivity index is 2.30. The summed E-state index contributed by atoms with van der Waals surface area (Å²) in [5.74, 6) is 0.157. The van der Waals surface area contributed by atoms with E-state index in [4.69, 9.17) is 5.11 Å². The standard InChI is InChI=1S/C13H24N2O3/c1-8(2)11(12(16)17)15-13(18)14-7-10-5-4-9(3)6-10/h8-11H,4-7H2,1-3H3,(H,16,17)(H2,14,15,18)/t9?,10?,11-/m1/s1. The Bertz CT molecular complexity index is 305. The highest BCUT2D eigenvalue weighted by atomic mass is 16.4. The highest BCUT2D eigenvalue weighted by molar-refractivity contribution is 5.82. The molecule has 2 amide bonds. The molecule has 1 aliphatic carbocycles. The molecule has 0 aliphatic heterocycles. The highest BCUT2D eigenvalue weighted by Crippen LogP contribution is 2.29. The minimum atomic E-state index is -0.991. The first-order valence-corrected chi connectivity index (χ1v) is 6.67. The van der Waals surface area contributed by atoms with Crippen molar-refractivity contribution in [2.45, 2.75) is 46.1 Å². The normalized spacial score (nSPS) is 24.9. The van der Waals surface area contributed by atoms with Gasteiger partial charge in [-0.1, -0.05) is 27.2 Å². The summed E-state index contributed by atoms with van der Waals surface area (Å²) < 4.78 is 0. The smallest absolute Gasteiger partial charge is 0.326 e. The van der Waals surface area contributed by atoms with Gasteiger partial charge in [0.25, 0.3) is 0 Å². The van der Waals surface area contributed by atoms with Crippen molar-refractivity contribution >= 4 is 12.0 Å². The zero-order valence-corrected chi connectivity index (χ0v) is 11.4. The summed E-state index contributed by atoms with van der Waals surface area (Å²) >= 11 is 0. The van der Waals surface area contributed by atoms with Gasteiger partial charge >= 0.3 is 12.0 Å². The molecule has 1 saturated carbocycles. The number of aliphatic carboxylic acids is 1. The Morgan fingerprint density at radius 3 is 2.44 bits per heavy atom. The number of urea groups is 1. The van der Waals surface area contributed by atoms with Crippen molar-refractivity contribution in [3.05, 3.63) is 0 Å². The SMILES string of the molecule is CC1CCC(CNC(=O)N[C@@H](C(=O)O)C(C)C)C1. The second-order valence-electron chi connectivity index (χ2n) is 5.70. The molecule has 5 nitrogen and oxygen atoms in total. The molecule has 3 atom stereocenters. The maximum absolute atomic E-state index is 11.6. The number of carbonyl (C=O) groups is 2. The van der Waals surface area contributed by atoms with Gasteiger partial charge in [0.15, 0.2) is 0 Å². The topological polar surface area (TPSA) is 78.4 Å². The molecule has 18 heavy (non-hydrogen) atoms. The molecule has 0 aromatic carbocycles. The van der Waals surface area contributed by atoms with Crippen LogP contribution in [-0.4, -0.2) is 29.7 Å². The maximum Gasteiger partial charge on any atom is 0.326 e. The van der Waals surface area contributed by atoms with E-state index in [0.29, 0.717) is 12.5 Å². The lowest BCUT2D eigenvalue weighted by molar-refractivity contribution is -0.140. The van der Waals surface area contributed by atoms with Crippen molar-refractivity contribution in [1.29, 1.82) is 0 Å². The summed E-state index contributed by atoms with van der Waals surface area (Å²) in [5.41, 5.74) is 0. The van der Waals surface area contributed by atoms with Crippen LogP contribution in [-0.2, 0) is 4.79 Å². The molecule has 0 radical (unpaired) electrons. The zero-order valence-electron chi connectivity index (χ0n) is 11.4. The van der Waals surface area contributed by atoms with Gasteiger partial charge in [0.1, 0.15) is 6.04 Å². The van der Waals surface area contributed by atoms with Crippen molar-refractivity contribution < 1.29 is 14.7 Å². The lowest BCUT2D eigenvalue weighted by Gasteiger charge is -2.19. The molecular formula is C13H24N2O3. The molecule has 5 heteroatoms. The predicted octanol–water partition coefficient (Wildman–Crippen LogP) is 1.83. The molecule has 2 unspecified atom stereocenters. The third-order valence-electron chi connectivity index (χ3n) is 3.57. The van der Waals surface area contributed by atoms with Gasteiger partial charge in [-0.2, -0.15) is 0 Å². The van der Waals surface area contributed by atoms with Gasteiger partial charge in [-0.3, -0.25) is 0 Å². The van der Waals surface area contributed by atoms with E-state index in [1.807, 2.05) is 0 Å². The molecule has 0 heterocycles. The van der Waals surface area contributed by atoms with Crippen molar-refractivity contribution in [2.24, 2.45) is 17.8 Å². The molecule has 0 spiro atoms. The van der Waals surface area contributed by atoms with E-state index in [2.05, 4.69) is 17.6 Å². The van der Waals surface area contributed by atoms with Gasteiger partial charge < -0.3 is 15.7 Å². The fraction of sp³-hybridized carbons (Fsp3) is 0.846. The molecule has 0 saturated heterocycles. The molecule has 0 aromatic rings. The van der Waals surface area contributed by atoms with E-state index in [1.165, 1.54) is 6.42 Å². The van der Waals surface area contributed by atoms with E-state index < -0.39 is 12.0 Å². The number of hydrogen-bond donors (Lipinski definition) is 3. The number of carboxylic acids is 1. The lowest BCUT2D eigenvalue weighted by Crippen LogP contribution is -2.49. The van der Waals surface area contributed by atoms with E-state index in [1.54, 1.807) is 13.8 Å². The number of amides is 2. The van der Waals surface area contributed by atoms with Gasteiger partial charge in [-0.15, -0.1) is 0 Å². The number of nitrogens with one attached hydrogen (secondary N) is 2. The molecule has 104 valence electrons. The van der Waals surface area contributed by atoms with Gasteiger partial charge in [-0.25, -0.2) is 9.59 Å². The predicted molar refractivity (Wildman–Crippen MR) is 69.3 cm³/mol. The molecular weight excluding hydrogens is 232 g/mol. The third kappa shape index (κ3) is 4.55. The van der Waals surface area contributed by atoms with Crippen LogP contribution in [0.2, 0.25) is 0 Å². The number of carbonyl (C=O) groups excluding carboxylic acids is 1. The Morgan fingerprint density at radius 1 is 1.33 bits per heavy atom. The average molecular weight is 256 g/mol. The van der Waals surface area contributed by atoms with Crippen LogP contribution < -0.4 is 10.6 Å². The Hall–Kier alpha value is -1.26. The Labute approximate surface area is 108 Å². The summed E-state index contributed by atoms with van der Waals surface area (Å²) in [7, 11) is 0. The molecule has 0 aromatic heterocycles. The maximum atomic E-state index is 11.6. The van der Waals surface area contributed by atoms with Crippen LogP contribution in [0.1, 0.15) is 40.0 Å². The summed E-state index contributed by atoms with van der Waals surface area (Å²) in [6, 6.07) is -1.21. The number of carboxylic acid groups (broad SMARTS) is 1. The Kier molecular flexibility index (Phi) is 5.44. The summed E-state index contributed by atoms with van der Waals surface area (Å²) in [6.07, 6.45) is 3.51. The minimum Gasteiger partial charge on any atom is -0.480 e. The monoisotopic (exact) mass is 256 g/mol. The van der Waals surface area contributed by atoms with Crippen molar-refractivity contribution in [2.75, 3.05) is 6.54 Å². The number of hydrogen-bond acceptors (Lipinski definition) is 2. The Morgan fingerprint density at radius 2 is 2.00 bits per heavy atom. The van der Waals surface area contributed by atoms with Crippen LogP contribution >= 0.6 is 0 Å². The van der Waals surface area contributed by atoms with Gasteiger partial charge in [-0.05, 0) is 30.6 Å². The third-order valence-corrected chi connectivity index (χ3v) is 3.57. The fourth-order valence-electron chi connectivity index (χ4n) is 2.45. The van der Waals surface area contributed by atoms with Gasteiger partial charge in [0, 0.05) is 6.54 Å². The molecule has 3 N–H and O–H groups in total. The highest BCUT2D eigenvalue weighted by Gasteiger charge is 2.25. The van der Waals surface area contributed by atoms with Crippen LogP contribution in [0.15, 0.2) is 0 Å². The average Bonchev–Trinajstić information content (AvgIpc) is 2.68. The van der Waals surface area contributed by atoms with E-state index in [0.717, 1.165) is 18.8 Å². The first-order valence-electron chi connectivity index (χ1n) is 6.67. The second-order valence-corrected chi connectivity index (χ2v) is 5.70. The van der Waals surface area contributed by atoms with E-state index in [-0.39, 0.29) is 11.9 Å². The zero-order chi connectivity index (χ0) is 13.7. The quantitative estimate of drug-likeness (QED) is 0.702. The molecule has 0 bridgehead atoms. The first-order chi connectivity index (χ1) is 8.40. The lowest BCUT2D eigenvalue weighted by atomic mass is 10.1. The first kappa shape index (κ1) is 14.8. The van der Waals surface area contributed by atoms with Crippen LogP contribution in [0.3, 0.4) is 0 Å². The summed E-state index contributed by atoms with van der Waals surface area (Å²) in [6.45, 7) is 6.41. The van der Waals surface area contributed by atoms with Crippen LogP contribution in [0.4, 0.5) is 4.79 Å². The van der Waals surface area contributed by atoms with E-state index in [9.17, 15) is 9.59 Å². The second kappa shape index (κ2) is 6.61. The number of rotatable bonds is 5. The molecule has 1 fully saturated rings. The molecule has 1 aliphatic rings. The van der Waals surface area contributed by atoms with Crippen LogP contribution in [0.5, 0.6) is 0 Å². The van der Waals surface area contributed by atoms with Gasteiger partial charge in [0.05, 0.1) is 0 Å². The summed E-state index contributed by atoms with van der Waals surface area (Å²) in [5, 5.41) is 14.2. The van der Waals surface area contributed by atoms with Crippen molar-refractivity contribution in [3.63, 3.8) is 0 Å².